The molecule has 0 aliphatic rings. The van der Waals surface area contributed by atoms with Crippen molar-refractivity contribution in [3.63, 3.8) is 0 Å². The summed E-state index contributed by atoms with van der Waals surface area (Å²) < 4.78 is 31.3. The smallest absolute Gasteiger partial charge is 0.282 e. The van der Waals surface area contributed by atoms with Gasteiger partial charge < -0.3 is 0 Å². The van der Waals surface area contributed by atoms with Crippen molar-refractivity contribution < 1.29 is 13.0 Å². The van der Waals surface area contributed by atoms with E-state index in [0.717, 1.165) is 22.3 Å². The van der Waals surface area contributed by atoms with Gasteiger partial charge in [0.15, 0.2) is 0 Å². The number of hydrogen-bond acceptors (Lipinski definition) is 2. The molecule has 3 aromatic rings. The molecule has 0 unspecified atom stereocenters. The minimum absolute atomic E-state index is 0.103. The molecular weight excluding hydrogens is 296 g/mol. The monoisotopic (exact) mass is 310 g/mol. The summed E-state index contributed by atoms with van der Waals surface area (Å²) in [5.41, 5.74) is 4.07. The zero-order valence-electron chi connectivity index (χ0n) is 11.7. The van der Waals surface area contributed by atoms with Crippen LogP contribution in [-0.2, 0) is 10.1 Å². The molecule has 0 saturated carbocycles. The molecule has 110 valence electrons. The molecule has 0 amide bonds. The summed E-state index contributed by atoms with van der Waals surface area (Å²) in [6, 6.07) is 24.1. The Morgan fingerprint density at radius 1 is 0.591 bits per heavy atom. The highest BCUT2D eigenvalue weighted by Gasteiger charge is 2.11. The highest BCUT2D eigenvalue weighted by Crippen LogP contribution is 2.32. The number of rotatable bonds is 3. The van der Waals surface area contributed by atoms with Crippen LogP contribution in [0.25, 0.3) is 22.3 Å². The summed E-state index contributed by atoms with van der Waals surface area (Å²) in [5.74, 6) is 0. The Morgan fingerprint density at radius 3 is 1.55 bits per heavy atom. The molecule has 0 spiro atoms. The lowest BCUT2D eigenvalue weighted by atomic mass is 9.95. The molecule has 3 nitrogen and oxygen atoms in total. The van der Waals surface area contributed by atoms with Gasteiger partial charge in [0.1, 0.15) is 0 Å². The summed E-state index contributed by atoms with van der Waals surface area (Å²) in [5, 5.41) is 0. The Labute approximate surface area is 129 Å². The van der Waals surface area contributed by atoms with Crippen LogP contribution in [0.4, 0.5) is 0 Å². The Morgan fingerprint density at radius 2 is 1.05 bits per heavy atom. The summed E-state index contributed by atoms with van der Waals surface area (Å²) in [6.07, 6.45) is 0. The SMILES string of the molecule is O=S(=O)(O)c1ccc(-c2ccccc2-c2ccccc2)cc1. The topological polar surface area (TPSA) is 54.4 Å². The molecule has 22 heavy (non-hydrogen) atoms. The Balaban J connectivity index is 2.10. The largest absolute Gasteiger partial charge is 0.294 e. The second kappa shape index (κ2) is 5.75. The van der Waals surface area contributed by atoms with E-state index in [1.807, 2.05) is 54.6 Å². The lowest BCUT2D eigenvalue weighted by Crippen LogP contribution is -1.97. The van der Waals surface area contributed by atoms with Crippen molar-refractivity contribution in [1.82, 2.24) is 0 Å². The van der Waals surface area contributed by atoms with Crippen LogP contribution >= 0.6 is 0 Å². The first kappa shape index (κ1) is 14.5. The fraction of sp³-hybridized carbons (Fsp3) is 0. The lowest BCUT2D eigenvalue weighted by molar-refractivity contribution is 0.483. The van der Waals surface area contributed by atoms with Crippen LogP contribution in [0.1, 0.15) is 0 Å². The first-order valence-electron chi connectivity index (χ1n) is 6.78. The molecular formula is C18H14O3S. The van der Waals surface area contributed by atoms with Crippen LogP contribution in [-0.4, -0.2) is 13.0 Å². The van der Waals surface area contributed by atoms with Crippen LogP contribution in [0.3, 0.4) is 0 Å². The van der Waals surface area contributed by atoms with Crippen LogP contribution in [0, 0.1) is 0 Å². The third kappa shape index (κ3) is 2.93. The van der Waals surface area contributed by atoms with E-state index in [2.05, 4.69) is 0 Å². The Bertz CT molecular complexity index is 883. The van der Waals surface area contributed by atoms with Crippen molar-refractivity contribution in [3.05, 3.63) is 78.9 Å². The quantitative estimate of drug-likeness (QED) is 0.735. The minimum Gasteiger partial charge on any atom is -0.282 e. The average molecular weight is 310 g/mol. The van der Waals surface area contributed by atoms with Crippen molar-refractivity contribution in [2.24, 2.45) is 0 Å². The van der Waals surface area contributed by atoms with Gasteiger partial charge in [-0.25, -0.2) is 0 Å². The molecule has 0 aromatic heterocycles. The van der Waals surface area contributed by atoms with Crippen molar-refractivity contribution in [3.8, 4) is 22.3 Å². The maximum atomic E-state index is 11.1. The van der Waals surface area contributed by atoms with Crippen molar-refractivity contribution in [1.29, 1.82) is 0 Å². The van der Waals surface area contributed by atoms with Gasteiger partial charge in [-0.3, -0.25) is 4.55 Å². The lowest BCUT2D eigenvalue weighted by Gasteiger charge is -2.10. The predicted molar refractivity (Wildman–Crippen MR) is 87.1 cm³/mol. The maximum Gasteiger partial charge on any atom is 0.294 e. The maximum absolute atomic E-state index is 11.1. The molecule has 0 aliphatic carbocycles. The standard InChI is InChI=1S/C18H14O3S/c19-22(20,21)16-12-10-15(11-13-16)18-9-5-4-8-17(18)14-6-2-1-3-7-14/h1-13H,(H,19,20,21). The summed E-state index contributed by atoms with van der Waals surface area (Å²) >= 11 is 0. The van der Waals surface area contributed by atoms with Crippen LogP contribution < -0.4 is 0 Å². The summed E-state index contributed by atoms with van der Waals surface area (Å²) in [7, 11) is -4.16. The van der Waals surface area contributed by atoms with Crippen LogP contribution in [0.15, 0.2) is 83.8 Å². The molecule has 3 aromatic carbocycles. The van der Waals surface area contributed by atoms with Gasteiger partial charge in [-0.15, -0.1) is 0 Å². The van der Waals surface area contributed by atoms with Gasteiger partial charge in [0.2, 0.25) is 0 Å². The van der Waals surface area contributed by atoms with Gasteiger partial charge in [-0.05, 0) is 34.4 Å². The van der Waals surface area contributed by atoms with Crippen molar-refractivity contribution in [2.45, 2.75) is 4.90 Å². The molecule has 0 aliphatic heterocycles. The third-order valence-electron chi connectivity index (χ3n) is 3.48. The average Bonchev–Trinajstić information content (AvgIpc) is 2.55. The number of hydrogen-bond donors (Lipinski definition) is 1. The first-order valence-corrected chi connectivity index (χ1v) is 8.22. The molecule has 0 bridgehead atoms. The van der Waals surface area contributed by atoms with E-state index in [9.17, 15) is 8.42 Å². The van der Waals surface area contributed by atoms with E-state index >= 15 is 0 Å². The first-order chi connectivity index (χ1) is 10.6. The van der Waals surface area contributed by atoms with E-state index in [-0.39, 0.29) is 4.90 Å². The van der Waals surface area contributed by atoms with E-state index in [1.54, 1.807) is 12.1 Å². The Hall–Kier alpha value is -2.43. The second-order valence-electron chi connectivity index (χ2n) is 4.91. The summed E-state index contributed by atoms with van der Waals surface area (Å²) in [4.78, 5) is -0.103. The van der Waals surface area contributed by atoms with Gasteiger partial charge in [0, 0.05) is 0 Å². The van der Waals surface area contributed by atoms with Crippen molar-refractivity contribution in [2.75, 3.05) is 0 Å². The summed E-state index contributed by atoms with van der Waals surface area (Å²) in [6.45, 7) is 0. The molecule has 1 N–H and O–H groups in total. The van der Waals surface area contributed by atoms with E-state index in [1.165, 1.54) is 12.1 Å². The van der Waals surface area contributed by atoms with Gasteiger partial charge in [0.25, 0.3) is 10.1 Å². The fourth-order valence-electron chi connectivity index (χ4n) is 2.41. The zero-order valence-corrected chi connectivity index (χ0v) is 12.5. The molecule has 0 fully saturated rings. The van der Waals surface area contributed by atoms with Crippen molar-refractivity contribution >= 4 is 10.1 Å². The van der Waals surface area contributed by atoms with E-state index in [4.69, 9.17) is 4.55 Å². The highest BCUT2D eigenvalue weighted by atomic mass is 32.2. The molecule has 0 atom stereocenters. The van der Waals surface area contributed by atoms with Crippen LogP contribution in [0.5, 0.6) is 0 Å². The second-order valence-corrected chi connectivity index (χ2v) is 6.33. The van der Waals surface area contributed by atoms with Gasteiger partial charge in [-0.1, -0.05) is 66.7 Å². The normalized spacial score (nSPS) is 11.3. The van der Waals surface area contributed by atoms with Gasteiger partial charge in [0.05, 0.1) is 4.90 Å². The van der Waals surface area contributed by atoms with E-state index < -0.39 is 10.1 Å². The number of benzene rings is 3. The third-order valence-corrected chi connectivity index (χ3v) is 4.34. The molecule has 0 radical (unpaired) electrons. The fourth-order valence-corrected chi connectivity index (χ4v) is 2.89. The van der Waals surface area contributed by atoms with E-state index in [0.29, 0.717) is 0 Å². The molecule has 3 rings (SSSR count). The molecule has 0 saturated heterocycles. The minimum atomic E-state index is -4.16. The van der Waals surface area contributed by atoms with Gasteiger partial charge >= 0.3 is 0 Å². The molecule has 4 heteroatoms. The zero-order chi connectivity index (χ0) is 15.6. The molecule has 0 heterocycles. The van der Waals surface area contributed by atoms with Crippen LogP contribution in [0.2, 0.25) is 0 Å². The highest BCUT2D eigenvalue weighted by molar-refractivity contribution is 7.85. The van der Waals surface area contributed by atoms with Gasteiger partial charge in [-0.2, -0.15) is 8.42 Å². The predicted octanol–water partition coefficient (Wildman–Crippen LogP) is 4.27. The Kier molecular flexibility index (Phi) is 3.79.